The van der Waals surface area contributed by atoms with E-state index in [1.807, 2.05) is 24.3 Å². The zero-order valence-corrected chi connectivity index (χ0v) is 8.55. The molecule has 2 N–H and O–H groups in total. The van der Waals surface area contributed by atoms with Gasteiger partial charge in [0.15, 0.2) is 5.52 Å². The van der Waals surface area contributed by atoms with Crippen LogP contribution >= 0.6 is 0 Å². The van der Waals surface area contributed by atoms with E-state index >= 15 is 0 Å². The number of hydrogen-bond acceptors (Lipinski definition) is 5. The summed E-state index contributed by atoms with van der Waals surface area (Å²) in [5.41, 5.74) is 1.68. The van der Waals surface area contributed by atoms with Crippen LogP contribution in [0.1, 0.15) is 0 Å². The average Bonchev–Trinajstić information content (AvgIpc) is 2.57. The number of para-hydroxylation sites is 2. The molecule has 8 nitrogen and oxygen atoms in total. The van der Waals surface area contributed by atoms with Gasteiger partial charge < -0.3 is 4.55 Å². The lowest BCUT2D eigenvalue weighted by Crippen LogP contribution is -1.90. The second kappa shape index (κ2) is 4.67. The summed E-state index contributed by atoms with van der Waals surface area (Å²) in [5.74, 6) is 0.242. The summed E-state index contributed by atoms with van der Waals surface area (Å²) in [6.45, 7) is 0. The van der Waals surface area contributed by atoms with E-state index < -0.39 is 10.4 Å². The van der Waals surface area contributed by atoms with Gasteiger partial charge in [-0.3, -0.25) is 4.55 Å². The lowest BCUT2D eigenvalue weighted by Gasteiger charge is -1.88. The zero-order valence-electron chi connectivity index (χ0n) is 7.73. The molecule has 0 fully saturated rings. The summed E-state index contributed by atoms with van der Waals surface area (Å²) in [6.07, 6.45) is 0. The number of hydrogen-bond donors (Lipinski definition) is 2. The highest BCUT2D eigenvalue weighted by atomic mass is 32.3. The number of benzene rings is 1. The van der Waals surface area contributed by atoms with Crippen LogP contribution in [0.5, 0.6) is 0 Å². The van der Waals surface area contributed by atoms with E-state index in [1.54, 1.807) is 0 Å². The maximum absolute atomic E-state index is 8.63. The second-order valence-corrected chi connectivity index (χ2v) is 3.46. The highest BCUT2D eigenvalue weighted by Crippen LogP contribution is 2.14. The van der Waals surface area contributed by atoms with E-state index in [-0.39, 0.29) is 5.95 Å². The monoisotopic (exact) mass is 242 g/mol. The fourth-order valence-corrected chi connectivity index (χ4v) is 0.987. The van der Waals surface area contributed by atoms with Crippen molar-refractivity contribution < 1.29 is 17.5 Å². The number of rotatable bonds is 0. The molecule has 84 valence electrons. The molecule has 0 aliphatic heterocycles. The Morgan fingerprint density at radius 1 is 1.44 bits per heavy atom. The van der Waals surface area contributed by atoms with Gasteiger partial charge in [-0.2, -0.15) is 0 Å². The van der Waals surface area contributed by atoms with Crippen molar-refractivity contribution >= 4 is 27.4 Å². The average molecular weight is 242 g/mol. The molecule has 0 unspecified atom stereocenters. The molecule has 0 radical (unpaired) electrons. The third kappa shape index (κ3) is 4.01. The van der Waals surface area contributed by atoms with Crippen LogP contribution in [0.3, 0.4) is 0 Å². The number of fused-ring (bicyclic) bond motifs is 1. The third-order valence-electron chi connectivity index (χ3n) is 1.47. The van der Waals surface area contributed by atoms with Crippen molar-refractivity contribution in [3.05, 3.63) is 29.2 Å². The summed E-state index contributed by atoms with van der Waals surface area (Å²) in [4.78, 5) is 9.72. The number of nitrogens with zero attached hydrogens (tertiary/aromatic N) is 3. The van der Waals surface area contributed by atoms with Gasteiger partial charge in [0.1, 0.15) is 5.52 Å². The molecule has 0 aliphatic rings. The quantitative estimate of drug-likeness (QED) is 0.402. The summed E-state index contributed by atoms with van der Waals surface area (Å²) in [7, 11) is -4.92. The standard InChI is InChI=1S/C7H5N4.H2O4S/c8-11-7-9-5-3-1-2-4-6(5)10-7;1-5(2,3)4/h1-4H,(H,9,10);(H2,1,2,3,4)/q+1;/p-1. The van der Waals surface area contributed by atoms with Crippen molar-refractivity contribution in [1.82, 2.24) is 9.97 Å². The van der Waals surface area contributed by atoms with Crippen molar-refractivity contribution in [2.75, 3.05) is 0 Å². The van der Waals surface area contributed by atoms with E-state index in [0.29, 0.717) is 0 Å². The van der Waals surface area contributed by atoms with Crippen molar-refractivity contribution in [2.45, 2.75) is 0 Å². The SMILES string of the molecule is N#[N+]c1nc2ccccc2[nH]1.O=S(=O)([O-])O. The van der Waals surface area contributed by atoms with E-state index in [1.165, 1.54) is 0 Å². The molecule has 0 saturated carbocycles. The lowest BCUT2D eigenvalue weighted by molar-refractivity contribution is 0.366. The highest BCUT2D eigenvalue weighted by molar-refractivity contribution is 7.79. The van der Waals surface area contributed by atoms with E-state index in [9.17, 15) is 0 Å². The number of imidazole rings is 1. The molecule has 0 atom stereocenters. The molecule has 2 aromatic rings. The van der Waals surface area contributed by atoms with Crippen molar-refractivity contribution in [2.24, 2.45) is 0 Å². The Kier molecular flexibility index (Phi) is 3.51. The molecule has 0 bridgehead atoms. The molecule has 0 saturated heterocycles. The topological polar surface area (TPSA) is 134 Å². The van der Waals surface area contributed by atoms with Crippen LogP contribution in [0.25, 0.3) is 16.0 Å². The van der Waals surface area contributed by atoms with Crippen LogP contribution < -0.4 is 0 Å². The lowest BCUT2D eigenvalue weighted by atomic mass is 10.3. The van der Waals surface area contributed by atoms with Gasteiger partial charge in [0, 0.05) is 0 Å². The second-order valence-electron chi connectivity index (χ2n) is 2.61. The van der Waals surface area contributed by atoms with Crippen LogP contribution in [-0.4, -0.2) is 27.5 Å². The van der Waals surface area contributed by atoms with Crippen LogP contribution in [0, 0.1) is 5.39 Å². The number of aromatic nitrogens is 2. The fraction of sp³-hybridized carbons (Fsp3) is 0. The van der Waals surface area contributed by atoms with Crippen LogP contribution in [0.15, 0.2) is 24.3 Å². The van der Waals surface area contributed by atoms with E-state index in [2.05, 4.69) is 14.9 Å². The minimum atomic E-state index is -4.92. The first-order chi connectivity index (χ1) is 7.40. The van der Waals surface area contributed by atoms with Crippen LogP contribution in [0.2, 0.25) is 0 Å². The predicted molar refractivity (Wildman–Crippen MR) is 53.2 cm³/mol. The smallest absolute Gasteiger partial charge is 0.526 e. The first kappa shape index (κ1) is 12.1. The highest BCUT2D eigenvalue weighted by Gasteiger charge is 2.10. The molecule has 0 amide bonds. The first-order valence-corrected chi connectivity index (χ1v) is 5.25. The number of H-pyrrole nitrogens is 1. The largest absolute Gasteiger partial charge is 0.726 e. The maximum atomic E-state index is 8.63. The minimum absolute atomic E-state index is 0.242. The van der Waals surface area contributed by atoms with Gasteiger partial charge >= 0.3 is 5.95 Å². The molecule has 1 aromatic carbocycles. The van der Waals surface area contributed by atoms with Gasteiger partial charge in [-0.1, -0.05) is 17.1 Å². The van der Waals surface area contributed by atoms with Gasteiger partial charge in [0.05, 0.1) is 5.39 Å². The Bertz CT molecular complexity index is 586. The Hall–Kier alpha value is -2.02. The van der Waals surface area contributed by atoms with E-state index in [4.69, 9.17) is 22.9 Å². The Morgan fingerprint density at radius 3 is 2.50 bits per heavy atom. The number of diazo groups is 1. The van der Waals surface area contributed by atoms with Crippen molar-refractivity contribution in [3.63, 3.8) is 0 Å². The van der Waals surface area contributed by atoms with Crippen LogP contribution in [0.4, 0.5) is 5.95 Å². The van der Waals surface area contributed by atoms with E-state index in [0.717, 1.165) is 11.0 Å². The Balaban J connectivity index is 0.000000221. The van der Waals surface area contributed by atoms with Gasteiger partial charge in [-0.25, -0.2) is 13.4 Å². The minimum Gasteiger partial charge on any atom is -0.726 e. The molecule has 2 rings (SSSR count). The molecule has 16 heavy (non-hydrogen) atoms. The van der Waals surface area contributed by atoms with Gasteiger partial charge in [0.2, 0.25) is 10.4 Å². The fourth-order valence-electron chi connectivity index (χ4n) is 0.987. The summed E-state index contributed by atoms with van der Waals surface area (Å²) >= 11 is 0. The van der Waals surface area contributed by atoms with Crippen molar-refractivity contribution in [1.29, 1.82) is 5.39 Å². The van der Waals surface area contributed by atoms with Crippen LogP contribution in [-0.2, 0) is 10.4 Å². The van der Waals surface area contributed by atoms with Gasteiger partial charge in [-0.15, -0.1) is 0 Å². The first-order valence-electron chi connectivity index (χ1n) is 3.88. The third-order valence-corrected chi connectivity index (χ3v) is 1.47. The summed E-state index contributed by atoms with van der Waals surface area (Å²) in [5, 5.41) is 8.37. The number of nitrogens with one attached hydrogen (secondary N) is 1. The molecular formula is C7H6N4O4S. The molecule has 9 heteroatoms. The summed E-state index contributed by atoms with van der Waals surface area (Å²) < 4.78 is 32.8. The number of aromatic amines is 1. The zero-order chi connectivity index (χ0) is 12.2. The van der Waals surface area contributed by atoms with Gasteiger partial charge in [-0.05, 0) is 17.1 Å². The Morgan fingerprint density at radius 2 is 2.00 bits per heavy atom. The molecular weight excluding hydrogens is 236 g/mol. The predicted octanol–water partition coefficient (Wildman–Crippen LogP) is 1.05. The molecule has 1 heterocycles. The molecule has 0 spiro atoms. The maximum Gasteiger partial charge on any atom is 0.526 e. The summed E-state index contributed by atoms with van der Waals surface area (Å²) in [6, 6.07) is 7.49. The van der Waals surface area contributed by atoms with Gasteiger partial charge in [0.25, 0.3) is 0 Å². The normalized spacial score (nSPS) is 10.3. The molecule has 0 aliphatic carbocycles. The Labute approximate surface area is 90.1 Å². The molecule has 1 aromatic heterocycles. The van der Waals surface area contributed by atoms with Crippen molar-refractivity contribution in [3.8, 4) is 0 Å².